The van der Waals surface area contributed by atoms with Crippen molar-refractivity contribution in [3.05, 3.63) is 52.9 Å². The van der Waals surface area contributed by atoms with Gasteiger partial charge in [-0.1, -0.05) is 30.3 Å². The van der Waals surface area contributed by atoms with Crippen LogP contribution < -0.4 is 4.72 Å². The molecule has 112 valence electrons. The summed E-state index contributed by atoms with van der Waals surface area (Å²) in [5.74, 6) is -0.980. The van der Waals surface area contributed by atoms with E-state index in [4.69, 9.17) is 5.11 Å². The Morgan fingerprint density at radius 1 is 1.24 bits per heavy atom. The molecule has 0 spiro atoms. The number of rotatable bonds is 6. The number of carboxylic acid groups (broad SMARTS) is 1. The van der Waals surface area contributed by atoms with Gasteiger partial charge in [0.05, 0.1) is 6.42 Å². The Bertz CT molecular complexity index is 722. The van der Waals surface area contributed by atoms with E-state index in [0.29, 0.717) is 4.88 Å². The van der Waals surface area contributed by atoms with Crippen LogP contribution in [0.4, 0.5) is 0 Å². The normalized spacial score (nSPS) is 13.0. The maximum atomic E-state index is 12.3. The van der Waals surface area contributed by atoms with Crippen LogP contribution in [0, 0.1) is 0 Å². The van der Waals surface area contributed by atoms with Crippen LogP contribution in [0.5, 0.6) is 0 Å². The molecule has 21 heavy (non-hydrogen) atoms. The summed E-state index contributed by atoms with van der Waals surface area (Å²) in [6, 6.07) is 11.8. The molecular formula is C14H15NO4S2. The lowest BCUT2D eigenvalue weighted by Crippen LogP contribution is -2.26. The first kappa shape index (κ1) is 15.7. The van der Waals surface area contributed by atoms with Crippen molar-refractivity contribution in [2.45, 2.75) is 23.6 Å². The van der Waals surface area contributed by atoms with E-state index < -0.39 is 16.0 Å². The van der Waals surface area contributed by atoms with Gasteiger partial charge in [-0.15, -0.1) is 11.3 Å². The Morgan fingerprint density at radius 3 is 2.52 bits per heavy atom. The Kier molecular flexibility index (Phi) is 4.76. The third-order valence-electron chi connectivity index (χ3n) is 2.86. The zero-order chi connectivity index (χ0) is 15.5. The molecule has 0 radical (unpaired) electrons. The zero-order valence-corrected chi connectivity index (χ0v) is 12.9. The molecule has 2 N–H and O–H groups in total. The Hall–Kier alpha value is -1.70. The Labute approximate surface area is 127 Å². The quantitative estimate of drug-likeness (QED) is 0.854. The number of carboxylic acids is 1. The largest absolute Gasteiger partial charge is 0.481 e. The van der Waals surface area contributed by atoms with E-state index >= 15 is 0 Å². The van der Waals surface area contributed by atoms with Crippen molar-refractivity contribution in [1.29, 1.82) is 0 Å². The van der Waals surface area contributed by atoms with Crippen molar-refractivity contribution in [2.75, 3.05) is 0 Å². The van der Waals surface area contributed by atoms with Gasteiger partial charge in [0, 0.05) is 10.9 Å². The predicted molar refractivity (Wildman–Crippen MR) is 80.8 cm³/mol. The molecule has 2 aromatic rings. The van der Waals surface area contributed by atoms with Gasteiger partial charge in [0.25, 0.3) is 10.0 Å². The van der Waals surface area contributed by atoms with E-state index in [9.17, 15) is 13.2 Å². The molecule has 0 aliphatic carbocycles. The van der Waals surface area contributed by atoms with Crippen LogP contribution in [0.2, 0.25) is 0 Å². The molecule has 0 bridgehead atoms. The summed E-state index contributed by atoms with van der Waals surface area (Å²) in [6.45, 7) is 1.76. The van der Waals surface area contributed by atoms with Crippen LogP contribution in [0.3, 0.4) is 0 Å². The highest BCUT2D eigenvalue weighted by Gasteiger charge is 2.20. The molecule has 0 fully saturated rings. The second kappa shape index (κ2) is 6.38. The highest BCUT2D eigenvalue weighted by atomic mass is 32.2. The number of aliphatic carboxylic acids is 1. The molecule has 0 aliphatic heterocycles. The summed E-state index contributed by atoms with van der Waals surface area (Å²) < 4.78 is 27.3. The standard InChI is InChI=1S/C14H15NO4S2/c1-10(11-5-3-2-4-6-11)15-21(18,19)14-8-7-12(20-14)9-13(16)17/h2-8,10,15H,9H2,1H3,(H,16,17)/t10-/m1/s1. The van der Waals surface area contributed by atoms with Gasteiger partial charge in [0.15, 0.2) is 0 Å². The number of sulfonamides is 1. The molecule has 1 aromatic heterocycles. The van der Waals surface area contributed by atoms with Crippen LogP contribution in [0.15, 0.2) is 46.7 Å². The summed E-state index contributed by atoms with van der Waals surface area (Å²) in [4.78, 5) is 11.1. The summed E-state index contributed by atoms with van der Waals surface area (Å²) in [5, 5.41) is 8.71. The van der Waals surface area contributed by atoms with Gasteiger partial charge >= 0.3 is 5.97 Å². The number of thiophene rings is 1. The highest BCUT2D eigenvalue weighted by molar-refractivity contribution is 7.91. The van der Waals surface area contributed by atoms with Gasteiger partial charge in [-0.05, 0) is 24.6 Å². The smallest absolute Gasteiger partial charge is 0.308 e. The number of hydrogen-bond acceptors (Lipinski definition) is 4. The van der Waals surface area contributed by atoms with Crippen molar-refractivity contribution < 1.29 is 18.3 Å². The van der Waals surface area contributed by atoms with E-state index in [1.165, 1.54) is 12.1 Å². The highest BCUT2D eigenvalue weighted by Crippen LogP contribution is 2.24. The van der Waals surface area contributed by atoms with E-state index in [2.05, 4.69) is 4.72 Å². The van der Waals surface area contributed by atoms with Crippen LogP contribution in [-0.2, 0) is 21.2 Å². The molecule has 0 saturated carbocycles. The van der Waals surface area contributed by atoms with Crippen molar-refractivity contribution in [1.82, 2.24) is 4.72 Å². The van der Waals surface area contributed by atoms with Crippen LogP contribution in [-0.4, -0.2) is 19.5 Å². The molecule has 2 rings (SSSR count). The van der Waals surface area contributed by atoms with E-state index in [1.807, 2.05) is 30.3 Å². The third kappa shape index (κ3) is 4.13. The van der Waals surface area contributed by atoms with Gasteiger partial charge in [0.2, 0.25) is 0 Å². The molecule has 1 heterocycles. The van der Waals surface area contributed by atoms with E-state index in [1.54, 1.807) is 6.92 Å². The topological polar surface area (TPSA) is 83.5 Å². The SMILES string of the molecule is C[C@@H](NS(=O)(=O)c1ccc(CC(=O)O)s1)c1ccccc1. The van der Waals surface area contributed by atoms with Gasteiger partial charge < -0.3 is 5.11 Å². The number of nitrogens with one attached hydrogen (secondary N) is 1. The van der Waals surface area contributed by atoms with Gasteiger partial charge in [-0.2, -0.15) is 0 Å². The van der Waals surface area contributed by atoms with E-state index in [-0.39, 0.29) is 16.7 Å². The maximum absolute atomic E-state index is 12.3. The molecule has 0 aliphatic rings. The Balaban J connectivity index is 2.15. The minimum absolute atomic E-state index is 0.126. The fourth-order valence-corrected chi connectivity index (χ4v) is 4.44. The minimum atomic E-state index is -3.65. The molecule has 7 heteroatoms. The number of hydrogen-bond donors (Lipinski definition) is 2. The molecule has 0 amide bonds. The fraction of sp³-hybridized carbons (Fsp3) is 0.214. The van der Waals surface area contributed by atoms with E-state index in [0.717, 1.165) is 16.9 Å². The van der Waals surface area contributed by atoms with Crippen molar-refractivity contribution in [3.8, 4) is 0 Å². The number of carbonyl (C=O) groups is 1. The first-order valence-electron chi connectivity index (χ1n) is 6.26. The maximum Gasteiger partial charge on any atom is 0.308 e. The molecule has 0 unspecified atom stereocenters. The molecule has 5 nitrogen and oxygen atoms in total. The van der Waals surface area contributed by atoms with Crippen molar-refractivity contribution in [2.24, 2.45) is 0 Å². The summed E-state index contributed by atoms with van der Waals surface area (Å²) >= 11 is 0.974. The number of benzene rings is 1. The fourth-order valence-electron chi connectivity index (χ4n) is 1.85. The molecule has 0 saturated heterocycles. The lowest BCUT2D eigenvalue weighted by molar-refractivity contribution is -0.136. The monoisotopic (exact) mass is 325 g/mol. The zero-order valence-electron chi connectivity index (χ0n) is 11.3. The molecule has 1 aromatic carbocycles. The molecule has 1 atom stereocenters. The van der Waals surface area contributed by atoms with Gasteiger partial charge in [-0.25, -0.2) is 13.1 Å². The summed E-state index contributed by atoms with van der Waals surface area (Å²) in [5.41, 5.74) is 0.864. The second-order valence-electron chi connectivity index (χ2n) is 4.54. The lowest BCUT2D eigenvalue weighted by atomic mass is 10.1. The average Bonchev–Trinajstić information content (AvgIpc) is 2.88. The minimum Gasteiger partial charge on any atom is -0.481 e. The third-order valence-corrected chi connectivity index (χ3v) is 5.98. The van der Waals surface area contributed by atoms with Crippen molar-refractivity contribution in [3.63, 3.8) is 0 Å². The summed E-state index contributed by atoms with van der Waals surface area (Å²) in [7, 11) is -3.65. The summed E-state index contributed by atoms with van der Waals surface area (Å²) in [6.07, 6.45) is -0.172. The molecular weight excluding hydrogens is 310 g/mol. The first-order chi connectivity index (χ1) is 9.88. The Morgan fingerprint density at radius 2 is 1.90 bits per heavy atom. The van der Waals surface area contributed by atoms with Gasteiger partial charge in [0.1, 0.15) is 4.21 Å². The lowest BCUT2D eigenvalue weighted by Gasteiger charge is -2.13. The van der Waals surface area contributed by atoms with Gasteiger partial charge in [-0.3, -0.25) is 4.79 Å². The van der Waals surface area contributed by atoms with Crippen LogP contribution in [0.25, 0.3) is 0 Å². The average molecular weight is 325 g/mol. The van der Waals surface area contributed by atoms with Crippen LogP contribution in [0.1, 0.15) is 23.4 Å². The van der Waals surface area contributed by atoms with Crippen molar-refractivity contribution >= 4 is 27.3 Å². The van der Waals surface area contributed by atoms with Crippen LogP contribution >= 0.6 is 11.3 Å². The first-order valence-corrected chi connectivity index (χ1v) is 8.56. The predicted octanol–water partition coefficient (Wildman–Crippen LogP) is 2.41. The second-order valence-corrected chi connectivity index (χ2v) is 7.65.